The Morgan fingerprint density at radius 1 is 1.40 bits per heavy atom. The number of aromatic nitrogens is 2. The van der Waals surface area contributed by atoms with Crippen LogP contribution in [0.1, 0.15) is 41.2 Å². The number of carbonyl (C=O) groups is 1. The molecule has 2 aromatic rings. The number of nitrogens with zero attached hydrogens (tertiary/aromatic N) is 3. The van der Waals surface area contributed by atoms with Crippen molar-refractivity contribution < 1.29 is 14.1 Å². The van der Waals surface area contributed by atoms with E-state index in [1.54, 1.807) is 12.3 Å². The van der Waals surface area contributed by atoms with E-state index in [-0.39, 0.29) is 11.5 Å². The lowest BCUT2D eigenvalue weighted by molar-refractivity contribution is -0.0764. The van der Waals surface area contributed by atoms with Crippen molar-refractivity contribution in [1.29, 1.82) is 0 Å². The van der Waals surface area contributed by atoms with Crippen LogP contribution in [-0.2, 0) is 10.5 Å². The maximum Gasteiger partial charge on any atom is 0.256 e. The Kier molecular flexibility index (Phi) is 5.15. The van der Waals surface area contributed by atoms with Crippen LogP contribution in [0.4, 0.5) is 0 Å². The number of aryl methyl sites for hydroxylation is 2. The first-order valence-corrected chi connectivity index (χ1v) is 9.29. The van der Waals surface area contributed by atoms with Gasteiger partial charge in [0.1, 0.15) is 10.8 Å². The first-order chi connectivity index (χ1) is 11.9. The molecule has 1 saturated heterocycles. The zero-order chi connectivity index (χ0) is 18.0. The summed E-state index contributed by atoms with van der Waals surface area (Å²) in [5.41, 5.74) is 2.25. The first kappa shape index (κ1) is 17.9. The highest BCUT2D eigenvalue weighted by atomic mass is 32.2. The number of ether oxygens (including phenoxy) is 1. The lowest BCUT2D eigenvalue weighted by Gasteiger charge is -2.38. The van der Waals surface area contributed by atoms with Crippen LogP contribution in [0.3, 0.4) is 0 Å². The minimum absolute atomic E-state index is 0.00531. The first-order valence-electron chi connectivity index (χ1n) is 8.30. The topological polar surface area (TPSA) is 68.5 Å². The smallest absolute Gasteiger partial charge is 0.256 e. The summed E-state index contributed by atoms with van der Waals surface area (Å²) >= 11 is 1.54. The third-order valence-electron chi connectivity index (χ3n) is 4.25. The monoisotopic (exact) mass is 361 g/mol. The number of pyridine rings is 1. The molecule has 3 heterocycles. The normalized spacial score (nSPS) is 16.9. The summed E-state index contributed by atoms with van der Waals surface area (Å²) in [6.07, 6.45) is 1.72. The standard InChI is InChI=1S/C18H23N3O3S/c1-12-15(13(2)24-20-12)10-25-16-14(6-5-7-19-16)17(22)21-8-9-23-18(3,4)11-21/h5-7H,8-11H2,1-4H3. The Labute approximate surface area is 151 Å². The molecule has 134 valence electrons. The molecule has 0 unspecified atom stereocenters. The van der Waals surface area contributed by atoms with Crippen LogP contribution in [-0.4, -0.2) is 46.2 Å². The summed E-state index contributed by atoms with van der Waals surface area (Å²) in [4.78, 5) is 19.3. The molecule has 6 nitrogen and oxygen atoms in total. The van der Waals surface area contributed by atoms with Gasteiger partial charge in [0.15, 0.2) is 0 Å². The average molecular weight is 361 g/mol. The maximum atomic E-state index is 13.0. The summed E-state index contributed by atoms with van der Waals surface area (Å²) < 4.78 is 10.9. The summed E-state index contributed by atoms with van der Waals surface area (Å²) in [6, 6.07) is 3.65. The van der Waals surface area contributed by atoms with E-state index in [4.69, 9.17) is 9.26 Å². The maximum absolute atomic E-state index is 13.0. The van der Waals surface area contributed by atoms with Crippen molar-refractivity contribution in [3.63, 3.8) is 0 Å². The number of amides is 1. The molecule has 3 rings (SSSR count). The predicted octanol–water partition coefficient (Wildman–Crippen LogP) is 3.23. The Balaban J connectivity index is 1.77. The van der Waals surface area contributed by atoms with Gasteiger partial charge in [-0.1, -0.05) is 5.16 Å². The van der Waals surface area contributed by atoms with Crippen LogP contribution in [0.2, 0.25) is 0 Å². The highest BCUT2D eigenvalue weighted by molar-refractivity contribution is 7.98. The molecule has 1 amide bonds. The highest BCUT2D eigenvalue weighted by Gasteiger charge is 2.31. The molecule has 25 heavy (non-hydrogen) atoms. The highest BCUT2D eigenvalue weighted by Crippen LogP contribution is 2.28. The average Bonchev–Trinajstić information content (AvgIpc) is 2.90. The molecule has 1 aliphatic rings. The van der Waals surface area contributed by atoms with Crippen LogP contribution in [0, 0.1) is 13.8 Å². The van der Waals surface area contributed by atoms with Gasteiger partial charge < -0.3 is 14.2 Å². The van der Waals surface area contributed by atoms with Crippen LogP contribution in [0.5, 0.6) is 0 Å². The zero-order valence-electron chi connectivity index (χ0n) is 15.0. The molecule has 0 saturated carbocycles. The molecular weight excluding hydrogens is 338 g/mol. The van der Waals surface area contributed by atoms with Crippen molar-refractivity contribution >= 4 is 17.7 Å². The molecule has 0 atom stereocenters. The molecule has 0 aromatic carbocycles. The van der Waals surface area contributed by atoms with Gasteiger partial charge in [-0.2, -0.15) is 0 Å². The Morgan fingerprint density at radius 3 is 2.88 bits per heavy atom. The Morgan fingerprint density at radius 2 is 2.20 bits per heavy atom. The summed E-state index contributed by atoms with van der Waals surface area (Å²) in [7, 11) is 0. The lowest BCUT2D eigenvalue weighted by Crippen LogP contribution is -2.50. The van der Waals surface area contributed by atoms with E-state index in [1.165, 1.54) is 11.8 Å². The number of carbonyl (C=O) groups excluding carboxylic acids is 1. The fourth-order valence-corrected chi connectivity index (χ4v) is 4.02. The van der Waals surface area contributed by atoms with Crippen LogP contribution in [0.15, 0.2) is 27.9 Å². The summed E-state index contributed by atoms with van der Waals surface area (Å²) in [5.74, 6) is 1.49. The van der Waals surface area contributed by atoms with Crippen molar-refractivity contribution in [1.82, 2.24) is 15.0 Å². The van der Waals surface area contributed by atoms with Gasteiger partial charge in [0, 0.05) is 30.6 Å². The van der Waals surface area contributed by atoms with Crippen molar-refractivity contribution in [2.24, 2.45) is 0 Å². The van der Waals surface area contributed by atoms with E-state index in [0.29, 0.717) is 31.0 Å². The van der Waals surface area contributed by atoms with E-state index >= 15 is 0 Å². The molecule has 1 aliphatic heterocycles. The van der Waals surface area contributed by atoms with E-state index in [1.807, 2.05) is 38.7 Å². The second-order valence-corrected chi connectivity index (χ2v) is 7.75. The molecule has 2 aromatic heterocycles. The van der Waals surface area contributed by atoms with E-state index in [9.17, 15) is 4.79 Å². The molecule has 0 spiro atoms. The Hall–Kier alpha value is -1.86. The molecule has 0 N–H and O–H groups in total. The summed E-state index contributed by atoms with van der Waals surface area (Å²) in [6.45, 7) is 9.56. The van der Waals surface area contributed by atoms with E-state index in [2.05, 4.69) is 10.1 Å². The Bertz CT molecular complexity index is 753. The third kappa shape index (κ3) is 4.04. The van der Waals surface area contributed by atoms with Gasteiger partial charge in [-0.15, -0.1) is 11.8 Å². The van der Waals surface area contributed by atoms with Gasteiger partial charge in [0.05, 0.1) is 23.5 Å². The van der Waals surface area contributed by atoms with Crippen molar-refractivity contribution in [3.05, 3.63) is 40.9 Å². The molecular formula is C18H23N3O3S. The van der Waals surface area contributed by atoms with Gasteiger partial charge in [-0.3, -0.25) is 4.79 Å². The number of rotatable bonds is 4. The zero-order valence-corrected chi connectivity index (χ0v) is 15.9. The number of morpholine rings is 1. The van der Waals surface area contributed by atoms with E-state index < -0.39 is 0 Å². The van der Waals surface area contributed by atoms with Crippen molar-refractivity contribution in [2.45, 2.75) is 44.1 Å². The number of hydrogen-bond donors (Lipinski definition) is 0. The fourth-order valence-electron chi connectivity index (χ4n) is 2.88. The van der Waals surface area contributed by atoms with Gasteiger partial charge in [-0.05, 0) is 39.8 Å². The van der Waals surface area contributed by atoms with Crippen molar-refractivity contribution in [3.8, 4) is 0 Å². The van der Waals surface area contributed by atoms with Crippen molar-refractivity contribution in [2.75, 3.05) is 19.7 Å². The van der Waals surface area contributed by atoms with Gasteiger partial charge in [0.2, 0.25) is 0 Å². The van der Waals surface area contributed by atoms with Gasteiger partial charge >= 0.3 is 0 Å². The quantitative estimate of drug-likeness (QED) is 0.779. The lowest BCUT2D eigenvalue weighted by atomic mass is 10.1. The third-order valence-corrected chi connectivity index (χ3v) is 5.28. The molecule has 0 aliphatic carbocycles. The predicted molar refractivity (Wildman–Crippen MR) is 95.7 cm³/mol. The summed E-state index contributed by atoms with van der Waals surface area (Å²) in [5, 5.41) is 4.71. The second-order valence-electron chi connectivity index (χ2n) is 6.78. The van der Waals surface area contributed by atoms with Crippen LogP contribution >= 0.6 is 11.8 Å². The second kappa shape index (κ2) is 7.17. The molecule has 1 fully saturated rings. The molecule has 7 heteroatoms. The number of thioether (sulfide) groups is 1. The minimum Gasteiger partial charge on any atom is -0.372 e. The largest absolute Gasteiger partial charge is 0.372 e. The molecule has 0 radical (unpaired) electrons. The van der Waals surface area contributed by atoms with Crippen LogP contribution in [0.25, 0.3) is 0 Å². The van der Waals surface area contributed by atoms with Gasteiger partial charge in [-0.25, -0.2) is 4.98 Å². The number of hydrogen-bond acceptors (Lipinski definition) is 6. The van der Waals surface area contributed by atoms with Gasteiger partial charge in [0.25, 0.3) is 5.91 Å². The van der Waals surface area contributed by atoms with E-state index in [0.717, 1.165) is 22.0 Å². The molecule has 0 bridgehead atoms. The fraction of sp³-hybridized carbons (Fsp3) is 0.500. The van der Waals surface area contributed by atoms with Crippen LogP contribution < -0.4 is 0 Å². The SMILES string of the molecule is Cc1noc(C)c1CSc1ncccc1C(=O)N1CCOC(C)(C)C1. The minimum atomic E-state index is -0.319.